The summed E-state index contributed by atoms with van der Waals surface area (Å²) in [5, 5.41) is 5.33. The molecule has 1 aliphatic rings. The Bertz CT molecular complexity index is 731. The second-order valence-electron chi connectivity index (χ2n) is 5.71. The van der Waals surface area contributed by atoms with Gasteiger partial charge in [-0.15, -0.1) is 11.8 Å². The van der Waals surface area contributed by atoms with E-state index >= 15 is 0 Å². The fourth-order valence-electron chi connectivity index (χ4n) is 2.77. The second kappa shape index (κ2) is 8.02. The van der Waals surface area contributed by atoms with E-state index in [0.29, 0.717) is 12.2 Å². The number of nitrogens with one attached hydrogen (secondary N) is 2. The fourth-order valence-corrected chi connectivity index (χ4v) is 3.56. The van der Waals surface area contributed by atoms with Gasteiger partial charge in [-0.05, 0) is 54.7 Å². The van der Waals surface area contributed by atoms with E-state index in [2.05, 4.69) is 10.6 Å². The normalized spacial score (nSPS) is 12.5. The van der Waals surface area contributed by atoms with Crippen LogP contribution < -0.4 is 10.6 Å². The summed E-state index contributed by atoms with van der Waals surface area (Å²) < 4.78 is 0. The molecular weight excluding hydrogens is 320 g/mol. The summed E-state index contributed by atoms with van der Waals surface area (Å²) in [5.41, 5.74) is 3.30. The van der Waals surface area contributed by atoms with Crippen LogP contribution in [0.5, 0.6) is 0 Å². The summed E-state index contributed by atoms with van der Waals surface area (Å²) in [6, 6.07) is 15.8. The highest BCUT2D eigenvalue weighted by atomic mass is 32.2. The third-order valence-corrected chi connectivity index (χ3v) is 4.98. The zero-order valence-corrected chi connectivity index (χ0v) is 14.2. The molecule has 0 saturated carbocycles. The molecule has 0 atom stereocenters. The Morgan fingerprint density at radius 1 is 0.958 bits per heavy atom. The van der Waals surface area contributed by atoms with Gasteiger partial charge in [0.05, 0.1) is 0 Å². The standard InChI is InChI=1S/C19H20N2O2S/c22-18(20-11-12-24-17-7-2-1-3-8-17)19(23)21-16-10-9-14-5-4-6-15(14)13-16/h1-3,7-10,13H,4-6,11-12H2,(H,20,22)(H,21,23). The molecule has 3 rings (SSSR count). The minimum atomic E-state index is -0.613. The van der Waals surface area contributed by atoms with Gasteiger partial charge in [0.25, 0.3) is 0 Å². The van der Waals surface area contributed by atoms with E-state index in [9.17, 15) is 9.59 Å². The fraction of sp³-hybridized carbons (Fsp3) is 0.263. The van der Waals surface area contributed by atoms with Crippen LogP contribution in [-0.4, -0.2) is 24.1 Å². The monoisotopic (exact) mass is 340 g/mol. The highest BCUT2D eigenvalue weighted by Crippen LogP contribution is 2.24. The van der Waals surface area contributed by atoms with Crippen LogP contribution in [0.25, 0.3) is 0 Å². The van der Waals surface area contributed by atoms with Crippen molar-refractivity contribution >= 4 is 29.3 Å². The van der Waals surface area contributed by atoms with Crippen molar-refractivity contribution in [2.24, 2.45) is 0 Å². The van der Waals surface area contributed by atoms with Crippen molar-refractivity contribution in [3.8, 4) is 0 Å². The number of thioether (sulfide) groups is 1. The molecule has 0 spiro atoms. The van der Waals surface area contributed by atoms with Gasteiger partial charge in [0.2, 0.25) is 0 Å². The first-order chi connectivity index (χ1) is 11.7. The molecule has 124 valence electrons. The number of benzene rings is 2. The number of carbonyl (C=O) groups excluding carboxylic acids is 2. The summed E-state index contributed by atoms with van der Waals surface area (Å²) in [7, 11) is 0. The molecule has 0 radical (unpaired) electrons. The van der Waals surface area contributed by atoms with Crippen molar-refractivity contribution in [3.05, 3.63) is 59.7 Å². The smallest absolute Gasteiger partial charge is 0.313 e. The first-order valence-corrected chi connectivity index (χ1v) is 9.10. The third-order valence-electron chi connectivity index (χ3n) is 3.96. The maximum Gasteiger partial charge on any atom is 0.313 e. The van der Waals surface area contributed by atoms with Gasteiger partial charge in [-0.3, -0.25) is 9.59 Å². The average molecular weight is 340 g/mol. The van der Waals surface area contributed by atoms with E-state index < -0.39 is 11.8 Å². The van der Waals surface area contributed by atoms with Crippen LogP contribution in [0, 0.1) is 0 Å². The number of rotatable bonds is 5. The molecule has 0 bridgehead atoms. The average Bonchev–Trinajstić information content (AvgIpc) is 3.07. The largest absolute Gasteiger partial charge is 0.347 e. The van der Waals surface area contributed by atoms with Crippen molar-refractivity contribution in [1.82, 2.24) is 5.32 Å². The number of fused-ring (bicyclic) bond motifs is 1. The number of anilines is 1. The first kappa shape index (κ1) is 16.6. The number of amides is 2. The lowest BCUT2D eigenvalue weighted by Gasteiger charge is -2.08. The van der Waals surface area contributed by atoms with Crippen LogP contribution in [0.3, 0.4) is 0 Å². The molecule has 4 nitrogen and oxygen atoms in total. The van der Waals surface area contributed by atoms with Crippen molar-refractivity contribution in [3.63, 3.8) is 0 Å². The van der Waals surface area contributed by atoms with Gasteiger partial charge in [-0.2, -0.15) is 0 Å². The molecule has 24 heavy (non-hydrogen) atoms. The highest BCUT2D eigenvalue weighted by Gasteiger charge is 2.15. The number of aryl methyl sites for hydroxylation is 2. The molecule has 2 amide bonds. The highest BCUT2D eigenvalue weighted by molar-refractivity contribution is 7.99. The number of hydrogen-bond acceptors (Lipinski definition) is 3. The van der Waals surface area contributed by atoms with Crippen molar-refractivity contribution < 1.29 is 9.59 Å². The first-order valence-electron chi connectivity index (χ1n) is 8.11. The van der Waals surface area contributed by atoms with Crippen LogP contribution in [0.1, 0.15) is 17.5 Å². The van der Waals surface area contributed by atoms with Crippen LogP contribution >= 0.6 is 11.8 Å². The maximum absolute atomic E-state index is 11.9. The van der Waals surface area contributed by atoms with E-state index in [4.69, 9.17) is 0 Å². The van der Waals surface area contributed by atoms with Crippen LogP contribution in [-0.2, 0) is 22.4 Å². The van der Waals surface area contributed by atoms with Gasteiger partial charge in [0, 0.05) is 22.9 Å². The molecule has 2 N–H and O–H groups in total. The molecule has 2 aromatic rings. The van der Waals surface area contributed by atoms with Gasteiger partial charge in [0.1, 0.15) is 0 Å². The van der Waals surface area contributed by atoms with Gasteiger partial charge in [-0.25, -0.2) is 0 Å². The zero-order valence-electron chi connectivity index (χ0n) is 13.4. The summed E-state index contributed by atoms with van der Waals surface area (Å²) in [5.74, 6) is -0.483. The van der Waals surface area contributed by atoms with E-state index in [1.54, 1.807) is 11.8 Å². The minimum absolute atomic E-state index is 0.454. The molecule has 5 heteroatoms. The van der Waals surface area contributed by atoms with Gasteiger partial charge in [0.15, 0.2) is 0 Å². The molecule has 2 aromatic carbocycles. The summed E-state index contributed by atoms with van der Waals surface area (Å²) >= 11 is 1.65. The Hall–Kier alpha value is -2.27. The van der Waals surface area contributed by atoms with E-state index in [1.807, 2.05) is 48.5 Å². The summed E-state index contributed by atoms with van der Waals surface area (Å²) in [4.78, 5) is 25.0. The molecule has 0 unspecified atom stereocenters. The molecule has 0 aliphatic heterocycles. The summed E-state index contributed by atoms with van der Waals surface area (Å²) in [6.07, 6.45) is 3.30. The lowest BCUT2D eigenvalue weighted by molar-refractivity contribution is -0.136. The molecule has 0 fully saturated rings. The second-order valence-corrected chi connectivity index (χ2v) is 6.88. The van der Waals surface area contributed by atoms with Gasteiger partial charge in [-0.1, -0.05) is 24.3 Å². The molecule has 0 heterocycles. The third kappa shape index (κ3) is 4.38. The Morgan fingerprint density at radius 2 is 1.75 bits per heavy atom. The Morgan fingerprint density at radius 3 is 2.58 bits per heavy atom. The lowest BCUT2D eigenvalue weighted by Crippen LogP contribution is -2.36. The Balaban J connectivity index is 1.42. The minimum Gasteiger partial charge on any atom is -0.347 e. The van der Waals surface area contributed by atoms with Gasteiger partial charge >= 0.3 is 11.8 Å². The van der Waals surface area contributed by atoms with Crippen LogP contribution in [0.2, 0.25) is 0 Å². The van der Waals surface area contributed by atoms with Crippen molar-refractivity contribution in [2.75, 3.05) is 17.6 Å². The molecule has 0 aromatic heterocycles. The topological polar surface area (TPSA) is 58.2 Å². The van der Waals surface area contributed by atoms with Crippen molar-refractivity contribution in [2.45, 2.75) is 24.2 Å². The van der Waals surface area contributed by atoms with Crippen molar-refractivity contribution in [1.29, 1.82) is 0 Å². The quantitative estimate of drug-likeness (QED) is 0.500. The predicted octanol–water partition coefficient (Wildman–Crippen LogP) is 3.02. The maximum atomic E-state index is 11.9. The predicted molar refractivity (Wildman–Crippen MR) is 97.3 cm³/mol. The Kier molecular flexibility index (Phi) is 5.54. The van der Waals surface area contributed by atoms with E-state index in [-0.39, 0.29) is 0 Å². The van der Waals surface area contributed by atoms with E-state index in [1.165, 1.54) is 11.1 Å². The van der Waals surface area contributed by atoms with Crippen LogP contribution in [0.4, 0.5) is 5.69 Å². The molecule has 0 saturated heterocycles. The lowest BCUT2D eigenvalue weighted by atomic mass is 10.1. The SMILES string of the molecule is O=C(NCCSc1ccccc1)C(=O)Nc1ccc2c(c1)CCC2. The zero-order chi connectivity index (χ0) is 16.8. The molecule has 1 aliphatic carbocycles. The Labute approximate surface area is 146 Å². The number of carbonyl (C=O) groups is 2. The summed E-state index contributed by atoms with van der Waals surface area (Å²) in [6.45, 7) is 0.454. The molecular formula is C19H20N2O2S. The van der Waals surface area contributed by atoms with Gasteiger partial charge < -0.3 is 10.6 Å². The van der Waals surface area contributed by atoms with Crippen LogP contribution in [0.15, 0.2) is 53.4 Å². The van der Waals surface area contributed by atoms with E-state index in [0.717, 1.165) is 29.9 Å². The number of hydrogen-bond donors (Lipinski definition) is 2.